The molecule has 0 aliphatic rings. The van der Waals surface area contributed by atoms with Crippen LogP contribution in [-0.2, 0) is 4.57 Å². The van der Waals surface area contributed by atoms with Crippen molar-refractivity contribution in [3.05, 3.63) is 105 Å². The first-order chi connectivity index (χ1) is 16.9. The molecule has 35 heavy (non-hydrogen) atoms. The second-order valence-corrected chi connectivity index (χ2v) is 11.5. The highest BCUT2D eigenvalue weighted by atomic mass is 79.9. The van der Waals surface area contributed by atoms with E-state index in [1.54, 1.807) is 0 Å². The van der Waals surface area contributed by atoms with E-state index in [0.717, 1.165) is 16.2 Å². The number of phosphoric acid groups is 1. The average molecular weight is 680 g/mol. The normalized spacial score (nSPS) is 12.0. The number of hydrogen-bond acceptors (Lipinski definition) is 4. The number of aromatic nitrogens is 3. The van der Waals surface area contributed by atoms with Crippen LogP contribution in [0.3, 0.4) is 0 Å². The molecule has 0 spiro atoms. The number of para-hydroxylation sites is 3. The molecule has 0 aliphatic carbocycles. The predicted octanol–water partition coefficient (Wildman–Crippen LogP) is 7.63. The van der Waals surface area contributed by atoms with E-state index < -0.39 is 7.82 Å². The van der Waals surface area contributed by atoms with Gasteiger partial charge in [0.05, 0.1) is 16.6 Å². The number of benzene rings is 3. The van der Waals surface area contributed by atoms with Crippen LogP contribution >= 0.6 is 55.6 Å². The Kier molecular flexibility index (Phi) is 5.72. The lowest BCUT2D eigenvalue weighted by Gasteiger charge is -2.21. The minimum atomic E-state index is -4.38. The Morgan fingerprint density at radius 3 is 1.11 bits per heavy atom. The topological polar surface area (TPSA) is 59.6 Å². The molecule has 0 N–H and O–H groups in total. The smallest absolute Gasteiger partial charge is 0.289 e. The fourth-order valence-electron chi connectivity index (χ4n) is 3.88. The van der Waals surface area contributed by atoms with Crippen LogP contribution in [0.2, 0.25) is 0 Å². The molecular formula is C24H15Br3N3O4P. The molecule has 3 aromatic carbocycles. The zero-order valence-corrected chi connectivity index (χ0v) is 23.4. The highest BCUT2D eigenvalue weighted by Gasteiger charge is 2.39. The number of hydrogen-bond donors (Lipinski definition) is 0. The second-order valence-electron chi connectivity index (χ2n) is 7.65. The molecule has 0 saturated carbocycles. The van der Waals surface area contributed by atoms with Gasteiger partial charge in [-0.1, -0.05) is 54.6 Å². The van der Waals surface area contributed by atoms with Gasteiger partial charge in [-0.15, -0.1) is 0 Å². The van der Waals surface area contributed by atoms with Gasteiger partial charge >= 0.3 is 7.82 Å². The SMILES string of the molecule is O=P(On1c(Br)cc2ccccc21)(On1c(Br)cc2ccccc21)On1c(Br)cc2ccccc21. The van der Waals surface area contributed by atoms with E-state index in [4.69, 9.17) is 13.9 Å². The molecule has 0 fully saturated rings. The van der Waals surface area contributed by atoms with Crippen molar-refractivity contribution in [2.24, 2.45) is 0 Å². The summed E-state index contributed by atoms with van der Waals surface area (Å²) in [5, 5.41) is 2.68. The van der Waals surface area contributed by atoms with Crippen LogP contribution < -0.4 is 13.9 Å². The zero-order chi connectivity index (χ0) is 24.2. The molecule has 176 valence electrons. The second kappa shape index (κ2) is 8.78. The van der Waals surface area contributed by atoms with Crippen LogP contribution in [0, 0.1) is 0 Å². The van der Waals surface area contributed by atoms with Crippen molar-refractivity contribution in [1.82, 2.24) is 14.2 Å². The first kappa shape index (κ1) is 22.8. The van der Waals surface area contributed by atoms with E-state index in [1.807, 2.05) is 91.0 Å². The standard InChI is InChI=1S/C24H15Br3N3O4P/c25-22-13-16-7-1-4-10-19(16)28(22)32-35(31,33-29-20-11-5-2-8-17(20)14-23(29)26)34-30-21-12-6-3-9-18(21)15-24(30)27/h1-15H. The van der Waals surface area contributed by atoms with Crippen molar-refractivity contribution >= 4 is 88.3 Å². The first-order valence-electron chi connectivity index (χ1n) is 10.4. The Morgan fingerprint density at radius 1 is 0.514 bits per heavy atom. The summed E-state index contributed by atoms with van der Waals surface area (Å²) in [6.07, 6.45) is 0. The van der Waals surface area contributed by atoms with Crippen molar-refractivity contribution < 1.29 is 18.4 Å². The molecule has 0 radical (unpaired) electrons. The van der Waals surface area contributed by atoms with Crippen LogP contribution in [0.4, 0.5) is 0 Å². The zero-order valence-electron chi connectivity index (χ0n) is 17.7. The molecular weight excluding hydrogens is 665 g/mol. The van der Waals surface area contributed by atoms with Gasteiger partial charge in [0.25, 0.3) is 0 Å². The molecule has 0 bridgehead atoms. The predicted molar refractivity (Wildman–Crippen MR) is 146 cm³/mol. The molecule has 0 saturated heterocycles. The van der Waals surface area contributed by atoms with Gasteiger partial charge in [0.1, 0.15) is 13.8 Å². The highest BCUT2D eigenvalue weighted by Crippen LogP contribution is 2.44. The van der Waals surface area contributed by atoms with Gasteiger partial charge in [-0.05, 0) is 84.2 Å². The number of rotatable bonds is 6. The fraction of sp³-hybridized carbons (Fsp3) is 0. The molecule has 3 aromatic heterocycles. The van der Waals surface area contributed by atoms with Crippen molar-refractivity contribution in [3.8, 4) is 0 Å². The Hall–Kier alpha value is -2.65. The third-order valence-electron chi connectivity index (χ3n) is 5.42. The quantitative estimate of drug-likeness (QED) is 0.170. The Bertz CT molecular complexity index is 1570. The van der Waals surface area contributed by atoms with E-state index in [2.05, 4.69) is 47.8 Å². The maximum Gasteiger partial charge on any atom is 0.705 e. The van der Waals surface area contributed by atoms with Gasteiger partial charge in [0, 0.05) is 16.2 Å². The first-order valence-corrected chi connectivity index (χ1v) is 14.2. The third kappa shape index (κ3) is 4.08. The summed E-state index contributed by atoms with van der Waals surface area (Å²) in [6.45, 7) is 0. The fourth-order valence-corrected chi connectivity index (χ4v) is 6.97. The van der Waals surface area contributed by atoms with E-state index in [9.17, 15) is 4.57 Å². The monoisotopic (exact) mass is 677 g/mol. The van der Waals surface area contributed by atoms with Crippen LogP contribution in [-0.4, -0.2) is 14.2 Å². The third-order valence-corrected chi connectivity index (χ3v) is 8.16. The lowest BCUT2D eigenvalue weighted by Crippen LogP contribution is -2.26. The lowest BCUT2D eigenvalue weighted by atomic mass is 10.3. The molecule has 3 heterocycles. The van der Waals surface area contributed by atoms with Crippen molar-refractivity contribution in [2.75, 3.05) is 0 Å². The van der Waals surface area contributed by atoms with Gasteiger partial charge in [-0.3, -0.25) is 13.9 Å². The summed E-state index contributed by atoms with van der Waals surface area (Å²) in [6, 6.07) is 28.3. The van der Waals surface area contributed by atoms with Gasteiger partial charge in [0.15, 0.2) is 0 Å². The number of halogens is 3. The van der Waals surface area contributed by atoms with E-state index in [-0.39, 0.29) is 0 Å². The van der Waals surface area contributed by atoms with Crippen LogP contribution in [0.5, 0.6) is 0 Å². The van der Waals surface area contributed by atoms with E-state index in [1.165, 1.54) is 14.2 Å². The molecule has 0 unspecified atom stereocenters. The lowest BCUT2D eigenvalue weighted by molar-refractivity contribution is 0.0941. The van der Waals surface area contributed by atoms with Crippen molar-refractivity contribution in [3.63, 3.8) is 0 Å². The summed E-state index contributed by atoms with van der Waals surface area (Å²) in [7, 11) is -4.38. The molecule has 0 atom stereocenters. The minimum absolute atomic E-state index is 0.555. The number of nitrogens with zero attached hydrogens (tertiary/aromatic N) is 3. The molecule has 0 aliphatic heterocycles. The summed E-state index contributed by atoms with van der Waals surface area (Å²) in [5.41, 5.74) is 2.08. The Balaban J connectivity index is 1.50. The average Bonchev–Trinajstić information content (AvgIpc) is 3.45. The molecule has 11 heteroatoms. The van der Waals surface area contributed by atoms with Crippen molar-refractivity contribution in [2.45, 2.75) is 0 Å². The maximum atomic E-state index is 14.4. The van der Waals surface area contributed by atoms with Gasteiger partial charge in [0.2, 0.25) is 0 Å². The van der Waals surface area contributed by atoms with Gasteiger partial charge in [-0.25, -0.2) is 0 Å². The molecule has 0 amide bonds. The molecule has 6 rings (SSSR count). The van der Waals surface area contributed by atoms with E-state index in [0.29, 0.717) is 30.4 Å². The van der Waals surface area contributed by atoms with Gasteiger partial charge < -0.3 is 0 Å². The van der Waals surface area contributed by atoms with Crippen LogP contribution in [0.1, 0.15) is 0 Å². The van der Waals surface area contributed by atoms with Crippen molar-refractivity contribution in [1.29, 1.82) is 0 Å². The summed E-state index contributed by atoms with van der Waals surface area (Å²) in [5.74, 6) is 0. The maximum absolute atomic E-state index is 14.4. The highest BCUT2D eigenvalue weighted by molar-refractivity contribution is 9.11. The summed E-state index contributed by atoms with van der Waals surface area (Å²) >= 11 is 10.5. The van der Waals surface area contributed by atoms with Gasteiger partial charge in [-0.2, -0.15) is 18.8 Å². The number of fused-ring (bicyclic) bond motifs is 3. The van der Waals surface area contributed by atoms with E-state index >= 15 is 0 Å². The summed E-state index contributed by atoms with van der Waals surface area (Å²) in [4.78, 5) is 0. The molecule has 7 nitrogen and oxygen atoms in total. The van der Waals surface area contributed by atoms with Crippen LogP contribution in [0.15, 0.2) is 105 Å². The molecule has 6 aromatic rings. The Morgan fingerprint density at radius 2 is 0.800 bits per heavy atom. The largest absolute Gasteiger partial charge is 0.705 e. The van der Waals surface area contributed by atoms with Crippen LogP contribution in [0.25, 0.3) is 32.7 Å². The summed E-state index contributed by atoms with van der Waals surface area (Å²) < 4.78 is 38.4. The Labute approximate surface area is 224 Å². The minimum Gasteiger partial charge on any atom is -0.289 e.